The Hall–Kier alpha value is -2.23. The number of benzene rings is 1. The standard InChI is InChI=1S/C12H10N2O4/c13-4-3-9(15)10(16)6-1-2-7-8(5-6)12(18)14-11(7)17/h1-2,5,9-10,15-16H,3H2,(H,14,17,18). The highest BCUT2D eigenvalue weighted by molar-refractivity contribution is 6.21. The van der Waals surface area contributed by atoms with Crippen LogP contribution in [0.4, 0.5) is 0 Å². The fourth-order valence-electron chi connectivity index (χ4n) is 1.80. The first kappa shape index (κ1) is 12.2. The Morgan fingerprint density at radius 2 is 1.89 bits per heavy atom. The molecule has 0 spiro atoms. The summed E-state index contributed by atoms with van der Waals surface area (Å²) in [6.07, 6.45) is -2.71. The molecular weight excluding hydrogens is 236 g/mol. The fraction of sp³-hybridized carbons (Fsp3) is 0.250. The second-order valence-electron chi connectivity index (χ2n) is 3.96. The summed E-state index contributed by atoms with van der Waals surface area (Å²) in [5.74, 6) is -1.01. The van der Waals surface area contributed by atoms with Gasteiger partial charge in [-0.05, 0) is 17.7 Å². The van der Waals surface area contributed by atoms with E-state index in [1.54, 1.807) is 6.07 Å². The van der Waals surface area contributed by atoms with Crippen LogP contribution in [-0.4, -0.2) is 28.1 Å². The summed E-state index contributed by atoms with van der Waals surface area (Å²) in [7, 11) is 0. The van der Waals surface area contributed by atoms with Crippen molar-refractivity contribution in [3.63, 3.8) is 0 Å². The van der Waals surface area contributed by atoms with Gasteiger partial charge in [-0.15, -0.1) is 0 Å². The molecule has 0 saturated heterocycles. The van der Waals surface area contributed by atoms with Crippen molar-refractivity contribution in [1.82, 2.24) is 5.32 Å². The van der Waals surface area contributed by atoms with Crippen LogP contribution < -0.4 is 5.32 Å². The number of nitrogens with zero attached hydrogens (tertiary/aromatic N) is 1. The second-order valence-corrected chi connectivity index (χ2v) is 3.96. The highest BCUT2D eigenvalue weighted by Gasteiger charge is 2.28. The first-order valence-electron chi connectivity index (χ1n) is 5.27. The van der Waals surface area contributed by atoms with E-state index in [9.17, 15) is 19.8 Å². The summed E-state index contributed by atoms with van der Waals surface area (Å²) < 4.78 is 0. The van der Waals surface area contributed by atoms with Crippen LogP contribution in [0.15, 0.2) is 18.2 Å². The molecule has 1 aliphatic rings. The number of nitriles is 1. The molecule has 2 unspecified atom stereocenters. The lowest BCUT2D eigenvalue weighted by atomic mass is 9.98. The predicted molar refractivity (Wildman–Crippen MR) is 59.4 cm³/mol. The van der Waals surface area contributed by atoms with Crippen molar-refractivity contribution in [1.29, 1.82) is 5.26 Å². The van der Waals surface area contributed by atoms with E-state index in [-0.39, 0.29) is 17.5 Å². The van der Waals surface area contributed by atoms with Crippen LogP contribution in [0.2, 0.25) is 0 Å². The summed E-state index contributed by atoms with van der Waals surface area (Å²) in [5, 5.41) is 29.8. The van der Waals surface area contributed by atoms with Gasteiger partial charge in [-0.3, -0.25) is 14.9 Å². The first-order chi connectivity index (χ1) is 8.54. The lowest BCUT2D eigenvalue weighted by molar-refractivity contribution is 0.0216. The summed E-state index contributed by atoms with van der Waals surface area (Å²) in [5.41, 5.74) is 0.702. The van der Waals surface area contributed by atoms with E-state index in [0.29, 0.717) is 5.56 Å². The number of hydrogen-bond donors (Lipinski definition) is 3. The van der Waals surface area contributed by atoms with Crippen LogP contribution in [0.3, 0.4) is 0 Å². The Bertz CT molecular complexity index is 562. The van der Waals surface area contributed by atoms with Gasteiger partial charge in [-0.2, -0.15) is 5.26 Å². The lowest BCUT2D eigenvalue weighted by Crippen LogP contribution is -2.20. The number of imide groups is 1. The molecule has 2 rings (SSSR count). The highest BCUT2D eigenvalue weighted by atomic mass is 16.3. The van der Waals surface area contributed by atoms with Crippen LogP contribution >= 0.6 is 0 Å². The molecule has 1 aliphatic heterocycles. The van der Waals surface area contributed by atoms with Crippen molar-refractivity contribution in [2.24, 2.45) is 0 Å². The zero-order valence-corrected chi connectivity index (χ0v) is 9.25. The fourth-order valence-corrected chi connectivity index (χ4v) is 1.80. The van der Waals surface area contributed by atoms with E-state index in [2.05, 4.69) is 5.32 Å². The van der Waals surface area contributed by atoms with Crippen LogP contribution in [0.25, 0.3) is 0 Å². The molecule has 0 aromatic heterocycles. The number of carbonyl (C=O) groups excluding carboxylic acids is 2. The van der Waals surface area contributed by atoms with Gasteiger partial charge in [0.2, 0.25) is 0 Å². The van der Waals surface area contributed by atoms with Gasteiger partial charge in [-0.25, -0.2) is 0 Å². The van der Waals surface area contributed by atoms with Crippen molar-refractivity contribution in [2.45, 2.75) is 18.6 Å². The maximum Gasteiger partial charge on any atom is 0.258 e. The number of carbonyl (C=O) groups is 2. The van der Waals surface area contributed by atoms with Gasteiger partial charge in [0.15, 0.2) is 0 Å². The van der Waals surface area contributed by atoms with Gasteiger partial charge in [0.1, 0.15) is 6.10 Å². The van der Waals surface area contributed by atoms with Crippen molar-refractivity contribution in [3.8, 4) is 6.07 Å². The molecule has 3 N–H and O–H groups in total. The summed E-state index contributed by atoms with van der Waals surface area (Å²) >= 11 is 0. The number of rotatable bonds is 3. The zero-order valence-electron chi connectivity index (χ0n) is 9.25. The SMILES string of the molecule is N#CCC(O)C(O)c1ccc2c(c1)C(=O)NC2=O. The monoisotopic (exact) mass is 246 g/mol. The van der Waals surface area contributed by atoms with Crippen LogP contribution in [0.5, 0.6) is 0 Å². The molecule has 1 heterocycles. The van der Waals surface area contributed by atoms with Gasteiger partial charge in [0.25, 0.3) is 11.8 Å². The topological polar surface area (TPSA) is 110 Å². The van der Waals surface area contributed by atoms with Crippen molar-refractivity contribution >= 4 is 11.8 Å². The molecular formula is C12H10N2O4. The van der Waals surface area contributed by atoms with Crippen LogP contribution in [0, 0.1) is 11.3 Å². The van der Waals surface area contributed by atoms with Crippen LogP contribution in [-0.2, 0) is 0 Å². The molecule has 0 fully saturated rings. The Kier molecular flexibility index (Phi) is 3.10. The third-order valence-electron chi connectivity index (χ3n) is 2.77. The lowest BCUT2D eigenvalue weighted by Gasteiger charge is -2.15. The number of nitrogens with one attached hydrogen (secondary N) is 1. The highest BCUT2D eigenvalue weighted by Crippen LogP contribution is 2.24. The molecule has 18 heavy (non-hydrogen) atoms. The van der Waals surface area contributed by atoms with Crippen molar-refractivity contribution in [3.05, 3.63) is 34.9 Å². The Labute approximate surface area is 102 Å². The zero-order chi connectivity index (χ0) is 13.3. The van der Waals surface area contributed by atoms with E-state index < -0.39 is 24.0 Å². The maximum absolute atomic E-state index is 11.4. The van der Waals surface area contributed by atoms with Gasteiger partial charge in [0, 0.05) is 0 Å². The van der Waals surface area contributed by atoms with Crippen molar-refractivity contribution < 1.29 is 19.8 Å². The average molecular weight is 246 g/mol. The largest absolute Gasteiger partial charge is 0.389 e. The van der Waals surface area contributed by atoms with E-state index in [1.807, 2.05) is 0 Å². The number of fused-ring (bicyclic) bond motifs is 1. The Morgan fingerprint density at radius 3 is 2.56 bits per heavy atom. The Balaban J connectivity index is 2.33. The number of aliphatic hydroxyl groups excluding tert-OH is 2. The summed E-state index contributed by atoms with van der Waals surface area (Å²) in [4.78, 5) is 22.7. The molecule has 1 aromatic carbocycles. The molecule has 6 nitrogen and oxygen atoms in total. The minimum atomic E-state index is -1.27. The quantitative estimate of drug-likeness (QED) is 0.644. The maximum atomic E-state index is 11.4. The smallest absolute Gasteiger partial charge is 0.258 e. The molecule has 0 radical (unpaired) electrons. The molecule has 6 heteroatoms. The number of hydrogen-bond acceptors (Lipinski definition) is 5. The third kappa shape index (κ3) is 1.97. The van der Waals surface area contributed by atoms with Crippen LogP contribution in [0.1, 0.15) is 38.8 Å². The van der Waals surface area contributed by atoms with Gasteiger partial charge >= 0.3 is 0 Å². The van der Waals surface area contributed by atoms with Crippen molar-refractivity contribution in [2.75, 3.05) is 0 Å². The van der Waals surface area contributed by atoms with Gasteiger partial charge in [-0.1, -0.05) is 6.07 Å². The minimum absolute atomic E-state index is 0.167. The molecule has 0 bridgehead atoms. The minimum Gasteiger partial charge on any atom is -0.389 e. The van der Waals surface area contributed by atoms with E-state index >= 15 is 0 Å². The molecule has 1 aromatic rings. The molecule has 2 atom stereocenters. The normalized spacial score (nSPS) is 16.7. The predicted octanol–water partition coefficient (Wildman–Crippen LogP) is -0.122. The van der Waals surface area contributed by atoms with Gasteiger partial charge < -0.3 is 10.2 Å². The summed E-state index contributed by atoms with van der Waals surface area (Å²) in [6, 6.07) is 5.95. The van der Waals surface area contributed by atoms with E-state index in [4.69, 9.17) is 5.26 Å². The number of amides is 2. The van der Waals surface area contributed by atoms with E-state index in [1.165, 1.54) is 18.2 Å². The number of aliphatic hydroxyl groups is 2. The second kappa shape index (κ2) is 4.56. The third-order valence-corrected chi connectivity index (χ3v) is 2.77. The van der Waals surface area contributed by atoms with E-state index in [0.717, 1.165) is 0 Å². The molecule has 0 saturated carbocycles. The molecule has 0 aliphatic carbocycles. The first-order valence-corrected chi connectivity index (χ1v) is 5.27. The average Bonchev–Trinajstić information content (AvgIpc) is 2.64. The molecule has 92 valence electrons. The van der Waals surface area contributed by atoms with Gasteiger partial charge in [0.05, 0.1) is 29.7 Å². The summed E-state index contributed by atoms with van der Waals surface area (Å²) in [6.45, 7) is 0. The Morgan fingerprint density at radius 1 is 1.22 bits per heavy atom. The molecule has 2 amide bonds.